The zero-order chi connectivity index (χ0) is 22.5. The van der Waals surface area contributed by atoms with Crippen LogP contribution >= 0.6 is 0 Å². The molecule has 1 saturated carbocycles. The normalized spacial score (nSPS) is 18.3. The van der Waals surface area contributed by atoms with Gasteiger partial charge in [0.15, 0.2) is 11.6 Å². The van der Waals surface area contributed by atoms with E-state index in [2.05, 4.69) is 15.6 Å². The summed E-state index contributed by atoms with van der Waals surface area (Å²) in [5, 5.41) is 13.1. The van der Waals surface area contributed by atoms with Crippen LogP contribution in [0.4, 0.5) is 23.4 Å². The van der Waals surface area contributed by atoms with Gasteiger partial charge in [-0.15, -0.1) is 0 Å². The van der Waals surface area contributed by atoms with Gasteiger partial charge in [0.05, 0.1) is 13.2 Å². The third-order valence-corrected chi connectivity index (χ3v) is 4.69. The number of methoxy groups -OCH3 is 1. The molecule has 1 aliphatic heterocycles. The number of anilines is 1. The van der Waals surface area contributed by atoms with Gasteiger partial charge < -0.3 is 25.4 Å². The van der Waals surface area contributed by atoms with Gasteiger partial charge in [-0.2, -0.15) is 18.2 Å². The summed E-state index contributed by atoms with van der Waals surface area (Å²) in [4.78, 5) is 27.1. The number of hydrogen-bond donors (Lipinski definition) is 3. The molecule has 168 valence electrons. The maximum atomic E-state index is 14.3. The third kappa shape index (κ3) is 6.44. The van der Waals surface area contributed by atoms with Gasteiger partial charge in [-0.25, -0.2) is 9.18 Å². The van der Waals surface area contributed by atoms with Crippen LogP contribution in [0.2, 0.25) is 0 Å². The number of carboxylic acids is 1. The van der Waals surface area contributed by atoms with Gasteiger partial charge in [0.25, 0.3) is 0 Å². The highest BCUT2D eigenvalue weighted by molar-refractivity contribution is 5.82. The fourth-order valence-electron chi connectivity index (χ4n) is 2.90. The minimum Gasteiger partial charge on any atom is -0.481 e. The number of carboxylic acid groups (broad SMARTS) is 1. The molecule has 1 atom stereocenters. The highest BCUT2D eigenvalue weighted by Gasteiger charge is 2.38. The molecule has 0 aromatic carbocycles. The van der Waals surface area contributed by atoms with Crippen molar-refractivity contribution in [1.82, 2.24) is 15.6 Å². The topological polar surface area (TPSA) is 104 Å². The second-order valence-corrected chi connectivity index (χ2v) is 6.97. The lowest BCUT2D eigenvalue weighted by Gasteiger charge is -2.20. The first kappa shape index (κ1) is 23.6. The molecule has 1 aromatic rings. The van der Waals surface area contributed by atoms with E-state index in [1.54, 1.807) is 0 Å². The standard InChI is InChI=1S/C16H23FN4O2.C2HF3O2/c1-21(11-5-6-11)14-12(17)8-10(16(20-14)23-2)9-19-15(22)13-4-3-7-18-13;3-2(4,5)1(6)7/h8,11,13,18H,3-7,9H2,1-2H3,(H,19,22);(H,6,7). The molecule has 0 bridgehead atoms. The molecule has 2 fully saturated rings. The van der Waals surface area contributed by atoms with Crippen LogP contribution in [-0.4, -0.2) is 60.9 Å². The first-order chi connectivity index (χ1) is 14.0. The summed E-state index contributed by atoms with van der Waals surface area (Å²) in [6.07, 6.45) is -1.13. The number of rotatable bonds is 6. The number of aliphatic carboxylic acids is 1. The van der Waals surface area contributed by atoms with E-state index in [-0.39, 0.29) is 24.3 Å². The Bertz CT molecular complexity index is 765. The first-order valence-electron chi connectivity index (χ1n) is 9.32. The number of aromatic nitrogens is 1. The molecule has 12 heteroatoms. The molecule has 0 spiro atoms. The minimum absolute atomic E-state index is 0.0656. The van der Waals surface area contributed by atoms with Gasteiger partial charge in [-0.3, -0.25) is 4.79 Å². The number of carbonyl (C=O) groups excluding carboxylic acids is 1. The molecule has 1 aliphatic carbocycles. The zero-order valence-electron chi connectivity index (χ0n) is 16.6. The van der Waals surface area contributed by atoms with E-state index >= 15 is 0 Å². The number of nitrogens with one attached hydrogen (secondary N) is 2. The average molecular weight is 436 g/mol. The van der Waals surface area contributed by atoms with E-state index in [1.807, 2.05) is 11.9 Å². The predicted octanol–water partition coefficient (Wildman–Crippen LogP) is 1.83. The third-order valence-electron chi connectivity index (χ3n) is 4.69. The van der Waals surface area contributed by atoms with Gasteiger partial charge in [-0.1, -0.05) is 0 Å². The van der Waals surface area contributed by atoms with Gasteiger partial charge in [0, 0.05) is 25.2 Å². The Hall–Kier alpha value is -2.63. The van der Waals surface area contributed by atoms with Crippen molar-refractivity contribution in [3.05, 3.63) is 17.4 Å². The van der Waals surface area contributed by atoms with Crippen molar-refractivity contribution in [2.75, 3.05) is 25.6 Å². The van der Waals surface area contributed by atoms with Gasteiger partial charge in [0.2, 0.25) is 11.8 Å². The quantitative estimate of drug-likeness (QED) is 0.585. The molecule has 0 radical (unpaired) electrons. The van der Waals surface area contributed by atoms with Crippen LogP contribution in [0, 0.1) is 5.82 Å². The number of carbonyl (C=O) groups is 2. The summed E-state index contributed by atoms with van der Waals surface area (Å²) in [7, 11) is 3.35. The second-order valence-electron chi connectivity index (χ2n) is 6.97. The molecule has 30 heavy (non-hydrogen) atoms. The van der Waals surface area contributed by atoms with Crippen molar-refractivity contribution in [2.24, 2.45) is 0 Å². The van der Waals surface area contributed by atoms with Crippen LogP contribution in [0.15, 0.2) is 6.07 Å². The fourth-order valence-corrected chi connectivity index (χ4v) is 2.90. The zero-order valence-corrected chi connectivity index (χ0v) is 16.6. The molecular weight excluding hydrogens is 412 g/mol. The number of alkyl halides is 3. The highest BCUT2D eigenvalue weighted by Crippen LogP contribution is 2.32. The molecule has 8 nitrogen and oxygen atoms in total. The lowest BCUT2D eigenvalue weighted by molar-refractivity contribution is -0.192. The Kier molecular flexibility index (Phi) is 7.82. The number of hydrogen-bond acceptors (Lipinski definition) is 6. The van der Waals surface area contributed by atoms with E-state index in [4.69, 9.17) is 14.6 Å². The second kappa shape index (κ2) is 9.92. The van der Waals surface area contributed by atoms with Gasteiger partial charge in [-0.05, 0) is 38.3 Å². The predicted molar refractivity (Wildman–Crippen MR) is 98.7 cm³/mol. The highest BCUT2D eigenvalue weighted by atomic mass is 19.4. The molecule has 1 unspecified atom stereocenters. The van der Waals surface area contributed by atoms with E-state index in [9.17, 15) is 22.4 Å². The van der Waals surface area contributed by atoms with Crippen LogP contribution in [-0.2, 0) is 16.1 Å². The van der Waals surface area contributed by atoms with Gasteiger partial charge in [0.1, 0.15) is 0 Å². The van der Waals surface area contributed by atoms with Crippen molar-refractivity contribution < 1.29 is 37.0 Å². The number of halogens is 4. The molecule has 1 saturated heterocycles. The van der Waals surface area contributed by atoms with Crippen molar-refractivity contribution in [3.63, 3.8) is 0 Å². The summed E-state index contributed by atoms with van der Waals surface area (Å²) < 4.78 is 51.4. The minimum atomic E-state index is -5.08. The van der Waals surface area contributed by atoms with Crippen molar-refractivity contribution in [3.8, 4) is 5.88 Å². The molecule has 3 rings (SSSR count). The Morgan fingerprint density at radius 1 is 1.37 bits per heavy atom. The Balaban J connectivity index is 0.000000396. The Labute approximate surface area is 170 Å². The maximum absolute atomic E-state index is 14.3. The fraction of sp³-hybridized carbons (Fsp3) is 0.611. The Morgan fingerprint density at radius 2 is 2.00 bits per heavy atom. The SMILES string of the molecule is COc1nc(N(C)C2CC2)c(F)cc1CNC(=O)C1CCCN1.O=C(O)C(F)(F)F. The molecule has 2 aliphatic rings. The van der Waals surface area contributed by atoms with E-state index in [0.717, 1.165) is 32.2 Å². The van der Waals surface area contributed by atoms with E-state index in [1.165, 1.54) is 13.2 Å². The number of amides is 1. The summed E-state index contributed by atoms with van der Waals surface area (Å²) in [5.41, 5.74) is 0.546. The van der Waals surface area contributed by atoms with E-state index < -0.39 is 12.1 Å². The van der Waals surface area contributed by atoms with Crippen molar-refractivity contribution in [2.45, 2.75) is 50.5 Å². The lowest BCUT2D eigenvalue weighted by Crippen LogP contribution is -2.40. The molecular formula is C18H24F4N4O4. The van der Waals surface area contributed by atoms with E-state index in [0.29, 0.717) is 23.3 Å². The summed E-state index contributed by atoms with van der Waals surface area (Å²) >= 11 is 0. The van der Waals surface area contributed by atoms with Crippen LogP contribution in [0.5, 0.6) is 5.88 Å². The maximum Gasteiger partial charge on any atom is 0.490 e. The monoisotopic (exact) mass is 436 g/mol. The smallest absolute Gasteiger partial charge is 0.481 e. The van der Waals surface area contributed by atoms with Crippen LogP contribution in [0.25, 0.3) is 0 Å². The summed E-state index contributed by atoms with van der Waals surface area (Å²) in [6.45, 7) is 1.07. The van der Waals surface area contributed by atoms with Crippen molar-refractivity contribution in [1.29, 1.82) is 0 Å². The van der Waals surface area contributed by atoms with Crippen LogP contribution < -0.4 is 20.3 Å². The number of nitrogens with zero attached hydrogens (tertiary/aromatic N) is 2. The van der Waals surface area contributed by atoms with Crippen LogP contribution in [0.1, 0.15) is 31.2 Å². The first-order valence-corrected chi connectivity index (χ1v) is 9.32. The molecule has 3 N–H and O–H groups in total. The number of pyridine rings is 1. The van der Waals surface area contributed by atoms with Crippen LogP contribution in [0.3, 0.4) is 0 Å². The lowest BCUT2D eigenvalue weighted by atomic mass is 10.2. The number of ether oxygens (including phenoxy) is 1. The Morgan fingerprint density at radius 3 is 2.47 bits per heavy atom. The molecule has 2 heterocycles. The largest absolute Gasteiger partial charge is 0.490 e. The average Bonchev–Trinajstić information content (AvgIpc) is 3.39. The summed E-state index contributed by atoms with van der Waals surface area (Å²) in [6, 6.07) is 1.61. The summed E-state index contributed by atoms with van der Waals surface area (Å²) in [5.74, 6) is -2.55. The van der Waals surface area contributed by atoms with Gasteiger partial charge >= 0.3 is 12.1 Å². The van der Waals surface area contributed by atoms with Crippen molar-refractivity contribution >= 4 is 17.7 Å². The molecule has 1 amide bonds. The molecule has 1 aromatic heterocycles.